The van der Waals surface area contributed by atoms with E-state index >= 15 is 0 Å². The number of para-hydroxylation sites is 3. The van der Waals surface area contributed by atoms with E-state index in [-0.39, 0.29) is 72.5 Å². The number of benzene rings is 3. The predicted octanol–water partition coefficient (Wildman–Crippen LogP) is 9.05. The summed E-state index contributed by atoms with van der Waals surface area (Å²) in [6.45, 7) is -2.59. The molecule has 0 heterocycles. The van der Waals surface area contributed by atoms with Crippen molar-refractivity contribution in [3.8, 4) is 17.2 Å². The fraction of sp³-hybridized carbons (Fsp3) is 0.400. The molecule has 0 saturated carbocycles. The molecule has 0 spiro atoms. The molecule has 0 aliphatic rings. The summed E-state index contributed by atoms with van der Waals surface area (Å²) in [6, 6.07) is 18.2. The third-order valence-corrected chi connectivity index (χ3v) is 7.40. The normalized spacial score (nSPS) is 15.0. The van der Waals surface area contributed by atoms with Crippen molar-refractivity contribution in [3.63, 3.8) is 0 Å². The molecule has 224 valence electrons. The van der Waals surface area contributed by atoms with Crippen molar-refractivity contribution in [3.05, 3.63) is 89.5 Å². The molecular formula is C30H33F6O4P. The predicted molar refractivity (Wildman–Crippen MR) is 146 cm³/mol. The van der Waals surface area contributed by atoms with E-state index in [9.17, 15) is 30.9 Å². The molecule has 3 atom stereocenters. The van der Waals surface area contributed by atoms with E-state index in [0.717, 1.165) is 0 Å². The second-order valence-electron chi connectivity index (χ2n) is 9.38. The molecule has 0 amide bonds. The van der Waals surface area contributed by atoms with Gasteiger partial charge in [0.05, 0.1) is 20.0 Å². The van der Waals surface area contributed by atoms with Gasteiger partial charge in [0.15, 0.2) is 0 Å². The van der Waals surface area contributed by atoms with Gasteiger partial charge in [0, 0.05) is 38.5 Å². The molecule has 0 radical (unpaired) electrons. The van der Waals surface area contributed by atoms with E-state index < -0.39 is 46.4 Å². The van der Waals surface area contributed by atoms with Crippen LogP contribution < -0.4 is 13.6 Å². The SMILES string of the molecule is O=P(Oc1ccccc1CC(F)CCF)(Oc1ccccc1CC(F)CCF)Oc1ccccc1CC(F)CCF. The number of halogens is 6. The first-order chi connectivity index (χ1) is 19.8. The fourth-order valence-corrected chi connectivity index (χ4v) is 5.45. The summed E-state index contributed by atoms with van der Waals surface area (Å²) in [6.07, 6.45) is -6.37. The topological polar surface area (TPSA) is 44.8 Å². The first-order valence-corrected chi connectivity index (χ1v) is 14.8. The number of rotatable bonds is 18. The molecule has 0 saturated heterocycles. The van der Waals surface area contributed by atoms with Crippen LogP contribution in [0.2, 0.25) is 0 Å². The summed E-state index contributed by atoms with van der Waals surface area (Å²) >= 11 is 0. The summed E-state index contributed by atoms with van der Waals surface area (Å²) in [5.41, 5.74) is 0.794. The Morgan fingerprint density at radius 1 is 0.512 bits per heavy atom. The van der Waals surface area contributed by atoms with Gasteiger partial charge in [-0.25, -0.2) is 13.2 Å². The largest absolute Gasteiger partial charge is 0.647 e. The Balaban J connectivity index is 2.00. The molecule has 41 heavy (non-hydrogen) atoms. The summed E-state index contributed by atoms with van der Waals surface area (Å²) in [5, 5.41) is 0. The Kier molecular flexibility index (Phi) is 12.9. The first-order valence-electron chi connectivity index (χ1n) is 13.3. The maximum atomic E-state index is 14.3. The summed E-state index contributed by atoms with van der Waals surface area (Å²) in [4.78, 5) is 0. The van der Waals surface area contributed by atoms with Crippen molar-refractivity contribution in [2.75, 3.05) is 20.0 Å². The van der Waals surface area contributed by atoms with Crippen molar-refractivity contribution in [2.24, 2.45) is 0 Å². The van der Waals surface area contributed by atoms with Gasteiger partial charge in [0.1, 0.15) is 35.8 Å². The average molecular weight is 603 g/mol. The second kappa shape index (κ2) is 16.3. The fourth-order valence-electron chi connectivity index (χ4n) is 4.08. The molecule has 3 rings (SSSR count). The quantitative estimate of drug-likeness (QED) is 0.108. The van der Waals surface area contributed by atoms with Gasteiger partial charge < -0.3 is 13.6 Å². The van der Waals surface area contributed by atoms with Crippen LogP contribution in [-0.2, 0) is 23.8 Å². The van der Waals surface area contributed by atoms with Crippen molar-refractivity contribution >= 4 is 7.82 Å². The van der Waals surface area contributed by atoms with E-state index in [1.54, 1.807) is 36.4 Å². The molecule has 4 nitrogen and oxygen atoms in total. The Bertz CT molecular complexity index is 1110. The van der Waals surface area contributed by atoms with Gasteiger partial charge in [0.25, 0.3) is 0 Å². The van der Waals surface area contributed by atoms with Crippen LogP contribution >= 0.6 is 7.82 Å². The summed E-state index contributed by atoms with van der Waals surface area (Å²) < 4.78 is 113. The van der Waals surface area contributed by atoms with Gasteiger partial charge in [-0.05, 0) is 34.9 Å². The van der Waals surface area contributed by atoms with Crippen LogP contribution in [-0.4, -0.2) is 38.5 Å². The zero-order valence-corrected chi connectivity index (χ0v) is 23.3. The van der Waals surface area contributed by atoms with Crippen LogP contribution in [0.3, 0.4) is 0 Å². The minimum atomic E-state index is -4.73. The standard InChI is InChI=1S/C30H33F6O4P/c31-16-13-25(34)19-22-7-1-4-10-28(22)38-41(37,39-29-11-5-2-8-23(29)20-26(35)14-17-32)40-30-12-6-3-9-24(30)21-27(36)15-18-33/h1-12,25-27H,13-21H2. The Hall–Kier alpha value is -3.13. The van der Waals surface area contributed by atoms with Crippen LogP contribution in [0.1, 0.15) is 36.0 Å². The van der Waals surface area contributed by atoms with Gasteiger partial charge >= 0.3 is 7.82 Å². The monoisotopic (exact) mass is 602 g/mol. The molecule has 0 N–H and O–H groups in total. The number of hydrogen-bond donors (Lipinski definition) is 0. The van der Waals surface area contributed by atoms with E-state index in [0.29, 0.717) is 0 Å². The molecule has 3 unspecified atom stereocenters. The average Bonchev–Trinajstić information content (AvgIpc) is 2.92. The van der Waals surface area contributed by atoms with Crippen LogP contribution in [0.4, 0.5) is 26.3 Å². The molecule has 0 aliphatic heterocycles. The third-order valence-electron chi connectivity index (χ3n) is 6.14. The Labute approximate surface area is 236 Å². The van der Waals surface area contributed by atoms with Gasteiger partial charge in [-0.3, -0.25) is 13.2 Å². The minimum Gasteiger partial charge on any atom is -0.386 e. The molecule has 0 aliphatic carbocycles. The van der Waals surface area contributed by atoms with E-state index in [2.05, 4.69) is 0 Å². The highest BCUT2D eigenvalue weighted by molar-refractivity contribution is 7.49. The lowest BCUT2D eigenvalue weighted by Crippen LogP contribution is -2.14. The highest BCUT2D eigenvalue weighted by Gasteiger charge is 2.36. The van der Waals surface area contributed by atoms with E-state index in [1.165, 1.54) is 36.4 Å². The van der Waals surface area contributed by atoms with Crippen LogP contribution in [0.5, 0.6) is 17.2 Å². The second-order valence-corrected chi connectivity index (χ2v) is 10.8. The molecular weight excluding hydrogens is 569 g/mol. The zero-order valence-electron chi connectivity index (χ0n) is 22.4. The molecule has 0 aromatic heterocycles. The van der Waals surface area contributed by atoms with Crippen molar-refractivity contribution in [1.29, 1.82) is 0 Å². The molecule has 0 fully saturated rings. The van der Waals surface area contributed by atoms with Crippen molar-refractivity contribution in [2.45, 2.75) is 57.0 Å². The highest BCUT2D eigenvalue weighted by Crippen LogP contribution is 2.52. The van der Waals surface area contributed by atoms with E-state index in [4.69, 9.17) is 13.6 Å². The number of phosphoric ester groups is 1. The maximum absolute atomic E-state index is 14.3. The van der Waals surface area contributed by atoms with E-state index in [1.807, 2.05) is 0 Å². The minimum absolute atomic E-state index is 0.0612. The van der Waals surface area contributed by atoms with Crippen LogP contribution in [0, 0.1) is 0 Å². The van der Waals surface area contributed by atoms with Crippen LogP contribution in [0.25, 0.3) is 0 Å². The lowest BCUT2D eigenvalue weighted by Gasteiger charge is -2.23. The van der Waals surface area contributed by atoms with Gasteiger partial charge in [-0.1, -0.05) is 54.6 Å². The lowest BCUT2D eigenvalue weighted by atomic mass is 10.1. The zero-order chi connectivity index (χ0) is 29.7. The molecule has 3 aromatic rings. The van der Waals surface area contributed by atoms with Crippen molar-refractivity contribution in [1.82, 2.24) is 0 Å². The van der Waals surface area contributed by atoms with Gasteiger partial charge in [-0.15, -0.1) is 0 Å². The smallest absolute Gasteiger partial charge is 0.386 e. The summed E-state index contributed by atoms with van der Waals surface area (Å²) in [5.74, 6) is -0.184. The molecule has 0 bridgehead atoms. The highest BCUT2D eigenvalue weighted by atomic mass is 31.2. The summed E-state index contributed by atoms with van der Waals surface area (Å²) in [7, 11) is -4.73. The Morgan fingerprint density at radius 3 is 1.05 bits per heavy atom. The number of hydrogen-bond acceptors (Lipinski definition) is 4. The first kappa shape index (κ1) is 32.4. The van der Waals surface area contributed by atoms with Gasteiger partial charge in [-0.2, -0.15) is 4.57 Å². The van der Waals surface area contributed by atoms with Crippen molar-refractivity contribution < 1.29 is 44.5 Å². The molecule has 11 heteroatoms. The lowest BCUT2D eigenvalue weighted by molar-refractivity contribution is 0.268. The third kappa shape index (κ3) is 10.3. The van der Waals surface area contributed by atoms with Gasteiger partial charge in [0.2, 0.25) is 0 Å². The molecule has 3 aromatic carbocycles. The number of phosphoric acid groups is 1. The Morgan fingerprint density at radius 2 is 0.780 bits per heavy atom. The maximum Gasteiger partial charge on any atom is 0.647 e. The van der Waals surface area contributed by atoms with Crippen LogP contribution in [0.15, 0.2) is 72.8 Å². The number of alkyl halides is 6.